The summed E-state index contributed by atoms with van der Waals surface area (Å²) in [6, 6.07) is -0.651. The number of oxazole rings is 1. The van der Waals surface area contributed by atoms with Crippen LogP contribution >= 0.6 is 0 Å². The molecular formula is C21H31N3O5. The summed E-state index contributed by atoms with van der Waals surface area (Å²) in [7, 11) is 0. The molecule has 0 saturated carbocycles. The molecule has 1 fully saturated rings. The number of nitrogens with two attached hydrogens (primary N) is 1. The first kappa shape index (κ1) is 22.6. The number of aromatic nitrogens is 1. The van der Waals surface area contributed by atoms with Crippen molar-refractivity contribution >= 4 is 17.8 Å². The molecule has 2 amide bonds. The van der Waals surface area contributed by atoms with Crippen LogP contribution in [0, 0.1) is 11.8 Å². The number of hydrogen-bond donors (Lipinski definition) is 1. The molecule has 2 heterocycles. The second-order valence-electron chi connectivity index (χ2n) is 7.80. The Labute approximate surface area is 171 Å². The number of carbonyl (C=O) groups is 3. The lowest BCUT2D eigenvalue weighted by Gasteiger charge is -2.29. The van der Waals surface area contributed by atoms with Crippen LogP contribution in [0.5, 0.6) is 0 Å². The number of esters is 1. The van der Waals surface area contributed by atoms with E-state index >= 15 is 0 Å². The molecule has 0 spiro atoms. The van der Waals surface area contributed by atoms with Gasteiger partial charge in [0.15, 0.2) is 11.6 Å². The topological polar surface area (TPSA) is 116 Å². The Morgan fingerprint density at radius 2 is 2.10 bits per heavy atom. The van der Waals surface area contributed by atoms with Gasteiger partial charge in [-0.2, -0.15) is 0 Å². The third kappa shape index (κ3) is 5.92. The van der Waals surface area contributed by atoms with Crippen molar-refractivity contribution in [1.82, 2.24) is 9.88 Å². The van der Waals surface area contributed by atoms with Crippen molar-refractivity contribution in [2.45, 2.75) is 65.5 Å². The van der Waals surface area contributed by atoms with Crippen molar-refractivity contribution in [3.05, 3.63) is 30.0 Å². The summed E-state index contributed by atoms with van der Waals surface area (Å²) in [5.74, 6) is -0.949. The first-order valence-corrected chi connectivity index (χ1v) is 10.2. The summed E-state index contributed by atoms with van der Waals surface area (Å²) in [6.07, 6.45) is 6.62. The highest BCUT2D eigenvalue weighted by atomic mass is 16.5. The molecule has 0 unspecified atom stereocenters. The molecule has 0 bridgehead atoms. The number of ether oxygens (including phenoxy) is 1. The standard InChI is InChI=1S/C21H31N3O5/c1-5-7-18-23-15(12-28-18)20(26)24-11-6-8-16(24)21(27)29-19(13(2)3)14(4)9-10-17(22)25/h9-10,12-14,16,19H,5-8,11H2,1-4H3,(H2,22,25)/b10-9+/t14-,16-,19-/m1/s1. The molecular weight excluding hydrogens is 374 g/mol. The summed E-state index contributed by atoms with van der Waals surface area (Å²) in [4.78, 5) is 42.5. The van der Waals surface area contributed by atoms with Crippen molar-refractivity contribution < 1.29 is 23.5 Å². The van der Waals surface area contributed by atoms with E-state index in [-0.39, 0.29) is 23.4 Å². The molecule has 1 saturated heterocycles. The van der Waals surface area contributed by atoms with E-state index in [0.29, 0.717) is 31.7 Å². The highest BCUT2D eigenvalue weighted by Crippen LogP contribution is 2.25. The van der Waals surface area contributed by atoms with Crippen molar-refractivity contribution in [2.75, 3.05) is 6.54 Å². The van der Waals surface area contributed by atoms with Gasteiger partial charge in [0, 0.05) is 18.9 Å². The molecule has 2 rings (SSSR count). The van der Waals surface area contributed by atoms with Gasteiger partial charge in [-0.3, -0.25) is 9.59 Å². The third-order valence-electron chi connectivity index (χ3n) is 5.01. The normalized spacial score (nSPS) is 18.9. The Balaban J connectivity index is 2.09. The number of nitrogens with zero attached hydrogens (tertiary/aromatic N) is 2. The largest absolute Gasteiger partial charge is 0.460 e. The van der Waals surface area contributed by atoms with Crippen LogP contribution < -0.4 is 5.73 Å². The molecule has 1 aliphatic rings. The second-order valence-corrected chi connectivity index (χ2v) is 7.80. The number of aryl methyl sites for hydroxylation is 1. The molecule has 8 heteroatoms. The van der Waals surface area contributed by atoms with E-state index in [0.717, 1.165) is 6.42 Å². The highest BCUT2D eigenvalue weighted by molar-refractivity contribution is 5.95. The van der Waals surface area contributed by atoms with E-state index in [4.69, 9.17) is 14.9 Å². The molecule has 3 atom stereocenters. The second kappa shape index (κ2) is 10.2. The number of amides is 2. The SMILES string of the molecule is CCCc1nc(C(=O)N2CCC[C@@H]2C(=O)O[C@H](C(C)C)[C@H](C)/C=C/C(N)=O)co1. The van der Waals surface area contributed by atoms with E-state index in [9.17, 15) is 14.4 Å². The first-order chi connectivity index (χ1) is 13.7. The predicted octanol–water partition coefficient (Wildman–Crippen LogP) is 2.48. The van der Waals surface area contributed by atoms with E-state index in [1.54, 1.807) is 6.08 Å². The highest BCUT2D eigenvalue weighted by Gasteiger charge is 2.38. The van der Waals surface area contributed by atoms with Crippen LogP contribution in [0.1, 0.15) is 63.3 Å². The van der Waals surface area contributed by atoms with E-state index in [1.165, 1.54) is 17.2 Å². The maximum atomic E-state index is 12.9. The monoisotopic (exact) mass is 405 g/mol. The van der Waals surface area contributed by atoms with Crippen molar-refractivity contribution in [1.29, 1.82) is 0 Å². The van der Waals surface area contributed by atoms with Crippen LogP contribution in [0.4, 0.5) is 0 Å². The minimum absolute atomic E-state index is 0.0316. The molecule has 1 aromatic heterocycles. The Morgan fingerprint density at radius 1 is 1.38 bits per heavy atom. The van der Waals surface area contributed by atoms with Crippen molar-refractivity contribution in [3.8, 4) is 0 Å². The Hall–Kier alpha value is -2.64. The van der Waals surface area contributed by atoms with Crippen LogP contribution in [-0.4, -0.2) is 46.4 Å². The van der Waals surface area contributed by atoms with Crippen LogP contribution in [0.25, 0.3) is 0 Å². The van der Waals surface area contributed by atoms with Gasteiger partial charge >= 0.3 is 5.97 Å². The van der Waals surface area contributed by atoms with Gasteiger partial charge in [0.1, 0.15) is 18.4 Å². The summed E-state index contributed by atoms with van der Waals surface area (Å²) in [5.41, 5.74) is 5.37. The van der Waals surface area contributed by atoms with Gasteiger partial charge in [0.2, 0.25) is 5.91 Å². The maximum absolute atomic E-state index is 12.9. The molecule has 2 N–H and O–H groups in total. The zero-order valence-corrected chi connectivity index (χ0v) is 17.6. The maximum Gasteiger partial charge on any atom is 0.329 e. The quantitative estimate of drug-likeness (QED) is 0.498. The van der Waals surface area contributed by atoms with Gasteiger partial charge in [-0.05, 0) is 31.3 Å². The average Bonchev–Trinajstić information content (AvgIpc) is 3.33. The minimum Gasteiger partial charge on any atom is -0.460 e. The van der Waals surface area contributed by atoms with Crippen LogP contribution in [0.3, 0.4) is 0 Å². The Bertz CT molecular complexity index is 755. The zero-order chi connectivity index (χ0) is 21.6. The van der Waals surface area contributed by atoms with E-state index in [1.807, 2.05) is 27.7 Å². The van der Waals surface area contributed by atoms with Gasteiger partial charge in [-0.15, -0.1) is 0 Å². The Morgan fingerprint density at radius 3 is 2.72 bits per heavy atom. The molecule has 0 aliphatic carbocycles. The van der Waals surface area contributed by atoms with Gasteiger partial charge < -0.3 is 19.8 Å². The van der Waals surface area contributed by atoms with Crippen LogP contribution in [-0.2, 0) is 20.7 Å². The lowest BCUT2D eigenvalue weighted by atomic mass is 9.94. The number of primary amides is 1. The molecule has 0 aromatic carbocycles. The Kier molecular flexibility index (Phi) is 7.99. The number of likely N-dealkylation sites (tertiary alicyclic amines) is 1. The lowest BCUT2D eigenvalue weighted by molar-refractivity contribution is -0.158. The van der Waals surface area contributed by atoms with Gasteiger partial charge in [0.05, 0.1) is 0 Å². The van der Waals surface area contributed by atoms with Crippen molar-refractivity contribution in [3.63, 3.8) is 0 Å². The van der Waals surface area contributed by atoms with Crippen molar-refractivity contribution in [2.24, 2.45) is 17.6 Å². The smallest absolute Gasteiger partial charge is 0.329 e. The molecule has 8 nitrogen and oxygen atoms in total. The van der Waals surface area contributed by atoms with Gasteiger partial charge in [0.25, 0.3) is 5.91 Å². The van der Waals surface area contributed by atoms with Crippen LogP contribution in [0.15, 0.2) is 22.8 Å². The number of rotatable bonds is 9. The molecule has 1 aliphatic heterocycles. The molecule has 1 aromatic rings. The average molecular weight is 405 g/mol. The van der Waals surface area contributed by atoms with E-state index < -0.39 is 24.0 Å². The molecule has 29 heavy (non-hydrogen) atoms. The summed E-state index contributed by atoms with van der Waals surface area (Å²) < 4.78 is 11.1. The predicted molar refractivity (Wildman–Crippen MR) is 107 cm³/mol. The third-order valence-corrected chi connectivity index (χ3v) is 5.01. The van der Waals surface area contributed by atoms with E-state index in [2.05, 4.69) is 4.98 Å². The summed E-state index contributed by atoms with van der Waals surface area (Å²) in [6.45, 7) is 8.21. The lowest BCUT2D eigenvalue weighted by Crippen LogP contribution is -2.44. The van der Waals surface area contributed by atoms with Gasteiger partial charge in [-0.1, -0.05) is 33.8 Å². The zero-order valence-electron chi connectivity index (χ0n) is 17.6. The first-order valence-electron chi connectivity index (χ1n) is 10.2. The molecule has 0 radical (unpaired) electrons. The number of carbonyl (C=O) groups excluding carboxylic acids is 3. The van der Waals surface area contributed by atoms with Gasteiger partial charge in [-0.25, -0.2) is 9.78 Å². The fourth-order valence-electron chi connectivity index (χ4n) is 3.56. The van der Waals surface area contributed by atoms with Crippen LogP contribution in [0.2, 0.25) is 0 Å². The minimum atomic E-state index is -0.651. The summed E-state index contributed by atoms with van der Waals surface area (Å²) in [5, 5.41) is 0. The molecule has 160 valence electrons. The number of hydrogen-bond acceptors (Lipinski definition) is 6. The fourth-order valence-corrected chi connectivity index (χ4v) is 3.56. The fraction of sp³-hybridized carbons (Fsp3) is 0.619. The summed E-state index contributed by atoms with van der Waals surface area (Å²) >= 11 is 0.